The van der Waals surface area contributed by atoms with Crippen LogP contribution in [0.5, 0.6) is 0 Å². The third kappa shape index (κ3) is 1.95. The van der Waals surface area contributed by atoms with Crippen molar-refractivity contribution in [2.24, 2.45) is 5.92 Å². The highest BCUT2D eigenvalue weighted by Crippen LogP contribution is 2.41. The summed E-state index contributed by atoms with van der Waals surface area (Å²) in [6.07, 6.45) is 5.65. The van der Waals surface area contributed by atoms with Gasteiger partial charge in [0.25, 0.3) is 0 Å². The molecule has 4 nitrogen and oxygen atoms in total. The molecular weight excluding hydrogens is 236 g/mol. The predicted molar refractivity (Wildman–Crippen MR) is 69.7 cm³/mol. The monoisotopic (exact) mass is 252 g/mol. The molecule has 0 spiro atoms. The van der Waals surface area contributed by atoms with Gasteiger partial charge < -0.3 is 10.2 Å². The number of nitrogens with one attached hydrogen (secondary N) is 1. The largest absolute Gasteiger partial charge is 0.354 e. The molecule has 17 heavy (non-hydrogen) atoms. The van der Waals surface area contributed by atoms with Crippen molar-refractivity contribution in [3.63, 3.8) is 0 Å². The number of nitrogens with zero attached hydrogens (tertiary/aromatic N) is 3. The van der Waals surface area contributed by atoms with E-state index < -0.39 is 0 Å². The Kier molecular flexibility index (Phi) is 2.82. The molecule has 2 atom stereocenters. The number of halogens is 1. The summed E-state index contributed by atoms with van der Waals surface area (Å²) in [6.45, 7) is 3.97. The van der Waals surface area contributed by atoms with Gasteiger partial charge in [0.05, 0.1) is 6.20 Å². The summed E-state index contributed by atoms with van der Waals surface area (Å²) in [4.78, 5) is 11.1. The first-order chi connectivity index (χ1) is 8.28. The van der Waals surface area contributed by atoms with Gasteiger partial charge in [-0.25, -0.2) is 4.98 Å². The Morgan fingerprint density at radius 1 is 1.53 bits per heavy atom. The lowest BCUT2D eigenvalue weighted by molar-refractivity contribution is 0.550. The molecule has 2 aliphatic rings. The van der Waals surface area contributed by atoms with E-state index in [4.69, 9.17) is 11.6 Å². The first-order valence-electron chi connectivity index (χ1n) is 6.31. The van der Waals surface area contributed by atoms with Crippen LogP contribution in [-0.2, 0) is 0 Å². The average molecular weight is 253 g/mol. The van der Waals surface area contributed by atoms with Crippen molar-refractivity contribution in [2.75, 3.05) is 23.3 Å². The van der Waals surface area contributed by atoms with E-state index in [9.17, 15) is 0 Å². The molecule has 2 heterocycles. The molecule has 92 valence electrons. The first kappa shape index (κ1) is 11.1. The number of piperidine rings is 1. The van der Waals surface area contributed by atoms with E-state index in [2.05, 4.69) is 20.2 Å². The second kappa shape index (κ2) is 4.33. The highest BCUT2D eigenvalue weighted by atomic mass is 35.5. The Morgan fingerprint density at radius 2 is 2.41 bits per heavy atom. The van der Waals surface area contributed by atoms with Crippen LogP contribution in [0.4, 0.5) is 11.8 Å². The Hall–Kier alpha value is -1.03. The summed E-state index contributed by atoms with van der Waals surface area (Å²) in [5.41, 5.74) is 0. The Morgan fingerprint density at radius 3 is 3.06 bits per heavy atom. The predicted octanol–water partition coefficient (Wildman–Crippen LogP) is 2.55. The maximum Gasteiger partial charge on any atom is 0.224 e. The van der Waals surface area contributed by atoms with E-state index in [1.807, 2.05) is 6.92 Å². The molecule has 0 amide bonds. The molecule has 1 aromatic heterocycles. The first-order valence-corrected chi connectivity index (χ1v) is 6.68. The minimum absolute atomic E-state index is 0.641. The van der Waals surface area contributed by atoms with Crippen molar-refractivity contribution in [2.45, 2.75) is 32.2 Å². The van der Waals surface area contributed by atoms with Crippen LogP contribution in [0.25, 0.3) is 0 Å². The zero-order valence-electron chi connectivity index (χ0n) is 9.99. The zero-order valence-corrected chi connectivity index (χ0v) is 10.7. The fourth-order valence-corrected chi connectivity index (χ4v) is 3.19. The fraction of sp³-hybridized carbons (Fsp3) is 0.667. The van der Waals surface area contributed by atoms with Gasteiger partial charge in [0, 0.05) is 19.1 Å². The fourth-order valence-electron chi connectivity index (χ4n) is 2.99. The van der Waals surface area contributed by atoms with Gasteiger partial charge in [0.1, 0.15) is 5.02 Å². The minimum Gasteiger partial charge on any atom is -0.354 e. The number of fused-ring (bicyclic) bond motifs is 2. The third-order valence-electron chi connectivity index (χ3n) is 3.74. The topological polar surface area (TPSA) is 41.1 Å². The molecule has 1 aromatic rings. The highest BCUT2D eigenvalue weighted by molar-refractivity contribution is 6.32. The SMILES string of the molecule is CCNc1ncc(Cl)c(N2CC3CCC2C3)n1. The van der Waals surface area contributed by atoms with Crippen molar-refractivity contribution in [1.82, 2.24) is 9.97 Å². The normalized spacial score (nSPS) is 26.6. The zero-order chi connectivity index (χ0) is 11.8. The summed E-state index contributed by atoms with van der Waals surface area (Å²) in [5, 5.41) is 3.80. The second-order valence-electron chi connectivity index (χ2n) is 4.88. The molecule has 1 saturated heterocycles. The van der Waals surface area contributed by atoms with E-state index in [1.165, 1.54) is 19.3 Å². The molecule has 1 N–H and O–H groups in total. The van der Waals surface area contributed by atoms with Crippen molar-refractivity contribution < 1.29 is 0 Å². The van der Waals surface area contributed by atoms with Gasteiger partial charge in [0.2, 0.25) is 5.95 Å². The smallest absolute Gasteiger partial charge is 0.224 e. The van der Waals surface area contributed by atoms with Crippen LogP contribution in [-0.4, -0.2) is 29.1 Å². The van der Waals surface area contributed by atoms with Crippen LogP contribution >= 0.6 is 11.6 Å². The summed E-state index contributed by atoms with van der Waals surface area (Å²) >= 11 is 6.22. The number of hydrogen-bond donors (Lipinski definition) is 1. The van der Waals surface area contributed by atoms with Crippen LogP contribution in [0, 0.1) is 5.92 Å². The standard InChI is InChI=1S/C12H17ClN4/c1-2-14-12-15-6-10(13)11(16-12)17-7-8-3-4-9(17)5-8/h6,8-9H,2-5,7H2,1H3,(H,14,15,16). The molecule has 2 fully saturated rings. The number of hydrogen-bond acceptors (Lipinski definition) is 4. The highest BCUT2D eigenvalue weighted by Gasteiger charge is 2.39. The van der Waals surface area contributed by atoms with Gasteiger partial charge in [-0.3, -0.25) is 0 Å². The van der Waals surface area contributed by atoms with Crippen molar-refractivity contribution in [3.05, 3.63) is 11.2 Å². The van der Waals surface area contributed by atoms with Crippen LogP contribution in [0.1, 0.15) is 26.2 Å². The number of anilines is 2. The van der Waals surface area contributed by atoms with Crippen molar-refractivity contribution >= 4 is 23.4 Å². The average Bonchev–Trinajstić information content (AvgIpc) is 2.94. The van der Waals surface area contributed by atoms with Gasteiger partial charge in [-0.15, -0.1) is 0 Å². The van der Waals surface area contributed by atoms with E-state index in [0.29, 0.717) is 17.0 Å². The van der Waals surface area contributed by atoms with Crippen LogP contribution in [0.15, 0.2) is 6.20 Å². The van der Waals surface area contributed by atoms with Gasteiger partial charge in [0.15, 0.2) is 5.82 Å². The molecule has 1 aliphatic carbocycles. The maximum atomic E-state index is 6.22. The van der Waals surface area contributed by atoms with Crippen LogP contribution in [0.2, 0.25) is 5.02 Å². The number of aromatic nitrogens is 2. The van der Waals surface area contributed by atoms with E-state index in [1.54, 1.807) is 6.20 Å². The Labute approximate surface area is 106 Å². The van der Waals surface area contributed by atoms with Crippen LogP contribution < -0.4 is 10.2 Å². The van der Waals surface area contributed by atoms with Crippen LogP contribution in [0.3, 0.4) is 0 Å². The lowest BCUT2D eigenvalue weighted by Crippen LogP contribution is -2.33. The second-order valence-corrected chi connectivity index (χ2v) is 5.29. The van der Waals surface area contributed by atoms with E-state index in [0.717, 1.165) is 24.8 Å². The Balaban J connectivity index is 1.88. The lowest BCUT2D eigenvalue weighted by atomic mass is 10.1. The van der Waals surface area contributed by atoms with Gasteiger partial charge in [-0.2, -0.15) is 4.98 Å². The van der Waals surface area contributed by atoms with Crippen molar-refractivity contribution in [3.8, 4) is 0 Å². The van der Waals surface area contributed by atoms with E-state index >= 15 is 0 Å². The molecular formula is C12H17ClN4. The summed E-state index contributed by atoms with van der Waals surface area (Å²) in [6, 6.07) is 0.641. The maximum absolute atomic E-state index is 6.22. The molecule has 1 aliphatic heterocycles. The lowest BCUT2D eigenvalue weighted by Gasteiger charge is -2.28. The quantitative estimate of drug-likeness (QED) is 0.898. The van der Waals surface area contributed by atoms with E-state index in [-0.39, 0.29) is 0 Å². The molecule has 2 unspecified atom stereocenters. The molecule has 1 saturated carbocycles. The summed E-state index contributed by atoms with van der Waals surface area (Å²) < 4.78 is 0. The van der Waals surface area contributed by atoms with Gasteiger partial charge >= 0.3 is 0 Å². The van der Waals surface area contributed by atoms with Crippen molar-refractivity contribution in [1.29, 1.82) is 0 Å². The third-order valence-corrected chi connectivity index (χ3v) is 4.01. The molecule has 3 rings (SSSR count). The minimum atomic E-state index is 0.641. The summed E-state index contributed by atoms with van der Waals surface area (Å²) in [7, 11) is 0. The molecule has 2 bridgehead atoms. The Bertz CT molecular complexity index is 423. The molecule has 0 radical (unpaired) electrons. The van der Waals surface area contributed by atoms with Gasteiger partial charge in [-0.1, -0.05) is 11.6 Å². The molecule has 0 aromatic carbocycles. The summed E-state index contributed by atoms with van der Waals surface area (Å²) in [5.74, 6) is 2.42. The van der Waals surface area contributed by atoms with Gasteiger partial charge in [-0.05, 0) is 32.1 Å². The molecule has 5 heteroatoms. The number of rotatable bonds is 3.